The lowest BCUT2D eigenvalue weighted by Crippen LogP contribution is -2.07. The minimum absolute atomic E-state index is 0.00940. The van der Waals surface area contributed by atoms with Crippen molar-refractivity contribution in [3.63, 3.8) is 0 Å². The molecule has 1 rings (SSSR count). The first-order valence-corrected chi connectivity index (χ1v) is 4.42. The quantitative estimate of drug-likeness (QED) is 0.779. The first-order valence-electron chi connectivity index (χ1n) is 4.42. The van der Waals surface area contributed by atoms with Crippen molar-refractivity contribution in [1.82, 2.24) is 0 Å². The molecular weight excluding hydrogens is 201 g/mol. The van der Waals surface area contributed by atoms with Gasteiger partial charge in [0.25, 0.3) is 0 Å². The summed E-state index contributed by atoms with van der Waals surface area (Å²) in [6.07, 6.45) is 0. The van der Waals surface area contributed by atoms with Crippen LogP contribution in [0.3, 0.4) is 0 Å². The Morgan fingerprint density at radius 1 is 1.33 bits per heavy atom. The zero-order valence-corrected chi connectivity index (χ0v) is 8.71. The highest BCUT2D eigenvalue weighted by Crippen LogP contribution is 2.35. The van der Waals surface area contributed by atoms with E-state index < -0.39 is 5.82 Å². The number of rotatable bonds is 4. The molecule has 0 unspecified atom stereocenters. The van der Waals surface area contributed by atoms with E-state index in [0.29, 0.717) is 11.1 Å². The predicted octanol–water partition coefficient (Wildman–Crippen LogP) is 0.794. The van der Waals surface area contributed by atoms with Crippen molar-refractivity contribution >= 4 is 0 Å². The van der Waals surface area contributed by atoms with Crippen molar-refractivity contribution in [3.8, 4) is 11.5 Å². The fourth-order valence-electron chi connectivity index (χ4n) is 1.47. The second-order valence-electron chi connectivity index (χ2n) is 2.92. The van der Waals surface area contributed by atoms with Crippen LogP contribution in [0.15, 0.2) is 6.07 Å². The van der Waals surface area contributed by atoms with Gasteiger partial charge in [0.1, 0.15) is 0 Å². The van der Waals surface area contributed by atoms with Crippen LogP contribution in [-0.4, -0.2) is 19.3 Å². The Kier molecular flexibility index (Phi) is 3.88. The highest BCUT2D eigenvalue weighted by atomic mass is 19.1. The van der Waals surface area contributed by atoms with E-state index in [1.165, 1.54) is 20.3 Å². The first-order chi connectivity index (χ1) is 7.19. The second-order valence-corrected chi connectivity index (χ2v) is 2.92. The molecule has 3 N–H and O–H groups in total. The zero-order chi connectivity index (χ0) is 11.4. The number of aliphatic hydroxyl groups excluding tert-OH is 1. The second kappa shape index (κ2) is 4.95. The van der Waals surface area contributed by atoms with Crippen LogP contribution in [0.25, 0.3) is 0 Å². The molecule has 0 aliphatic carbocycles. The van der Waals surface area contributed by atoms with E-state index in [9.17, 15) is 4.39 Å². The van der Waals surface area contributed by atoms with Gasteiger partial charge in [-0.2, -0.15) is 0 Å². The Morgan fingerprint density at radius 2 is 1.93 bits per heavy atom. The molecule has 0 saturated heterocycles. The smallest absolute Gasteiger partial charge is 0.197 e. The summed E-state index contributed by atoms with van der Waals surface area (Å²) in [5.74, 6) is -0.324. The van der Waals surface area contributed by atoms with Crippen LogP contribution in [0.4, 0.5) is 4.39 Å². The zero-order valence-electron chi connectivity index (χ0n) is 8.71. The maximum atomic E-state index is 13.4. The minimum atomic E-state index is -0.574. The van der Waals surface area contributed by atoms with Crippen LogP contribution in [0.1, 0.15) is 11.1 Å². The highest BCUT2D eigenvalue weighted by molar-refractivity contribution is 5.51. The van der Waals surface area contributed by atoms with Crippen LogP contribution < -0.4 is 15.2 Å². The van der Waals surface area contributed by atoms with Crippen molar-refractivity contribution < 1.29 is 19.0 Å². The van der Waals surface area contributed by atoms with Crippen LogP contribution in [-0.2, 0) is 13.2 Å². The van der Waals surface area contributed by atoms with Gasteiger partial charge in [0.15, 0.2) is 17.3 Å². The van der Waals surface area contributed by atoms with E-state index in [1.54, 1.807) is 0 Å². The largest absolute Gasteiger partial charge is 0.492 e. The number of nitrogens with two attached hydrogens (primary N) is 1. The fraction of sp³-hybridized carbons (Fsp3) is 0.400. The van der Waals surface area contributed by atoms with Gasteiger partial charge in [-0.25, -0.2) is 4.39 Å². The molecule has 0 spiro atoms. The third kappa shape index (κ3) is 2.03. The monoisotopic (exact) mass is 215 g/mol. The van der Waals surface area contributed by atoms with E-state index in [0.717, 1.165) is 0 Å². The van der Waals surface area contributed by atoms with Crippen LogP contribution in [0, 0.1) is 5.82 Å². The Hall–Kier alpha value is -1.33. The Labute approximate surface area is 87.4 Å². The first kappa shape index (κ1) is 11.7. The molecule has 84 valence electrons. The minimum Gasteiger partial charge on any atom is -0.492 e. The summed E-state index contributed by atoms with van der Waals surface area (Å²) in [4.78, 5) is 0. The van der Waals surface area contributed by atoms with Gasteiger partial charge in [-0.3, -0.25) is 0 Å². The third-order valence-corrected chi connectivity index (χ3v) is 2.17. The molecule has 0 heterocycles. The number of ether oxygens (including phenoxy) is 2. The molecule has 0 bridgehead atoms. The number of hydrogen-bond donors (Lipinski definition) is 2. The summed E-state index contributed by atoms with van der Waals surface area (Å²) >= 11 is 0. The molecule has 0 radical (unpaired) electrons. The van der Waals surface area contributed by atoms with Crippen molar-refractivity contribution in [1.29, 1.82) is 0 Å². The van der Waals surface area contributed by atoms with Crippen LogP contribution >= 0.6 is 0 Å². The summed E-state index contributed by atoms with van der Waals surface area (Å²) in [5.41, 5.74) is 6.47. The fourth-order valence-corrected chi connectivity index (χ4v) is 1.47. The molecule has 0 aliphatic rings. The van der Waals surface area contributed by atoms with Gasteiger partial charge in [0, 0.05) is 12.1 Å². The van der Waals surface area contributed by atoms with Gasteiger partial charge in [-0.15, -0.1) is 0 Å². The molecule has 0 atom stereocenters. The normalized spacial score (nSPS) is 10.2. The molecule has 1 aromatic carbocycles. The van der Waals surface area contributed by atoms with E-state index >= 15 is 0 Å². The average Bonchev–Trinajstić information content (AvgIpc) is 2.27. The van der Waals surface area contributed by atoms with Gasteiger partial charge in [-0.05, 0) is 11.6 Å². The Morgan fingerprint density at radius 3 is 2.33 bits per heavy atom. The molecular formula is C10H14FNO3. The van der Waals surface area contributed by atoms with E-state index in [4.69, 9.17) is 20.3 Å². The highest BCUT2D eigenvalue weighted by Gasteiger charge is 2.18. The topological polar surface area (TPSA) is 64.7 Å². The third-order valence-electron chi connectivity index (χ3n) is 2.17. The molecule has 0 fully saturated rings. The summed E-state index contributed by atoms with van der Waals surface area (Å²) in [7, 11) is 2.75. The lowest BCUT2D eigenvalue weighted by atomic mass is 10.1. The SMILES string of the molecule is COc1c(F)cc(CO)c(CN)c1OC. The summed E-state index contributed by atoms with van der Waals surface area (Å²) < 4.78 is 23.3. The molecule has 0 aromatic heterocycles. The van der Waals surface area contributed by atoms with Gasteiger partial charge in [0.2, 0.25) is 0 Å². The van der Waals surface area contributed by atoms with E-state index in [-0.39, 0.29) is 24.7 Å². The lowest BCUT2D eigenvalue weighted by molar-refractivity contribution is 0.276. The summed E-state index contributed by atoms with van der Waals surface area (Å²) in [5, 5.41) is 9.04. The average molecular weight is 215 g/mol. The van der Waals surface area contributed by atoms with Gasteiger partial charge in [-0.1, -0.05) is 0 Å². The van der Waals surface area contributed by atoms with Crippen molar-refractivity contribution in [2.45, 2.75) is 13.2 Å². The summed E-state index contributed by atoms with van der Waals surface area (Å²) in [6, 6.07) is 1.20. The standard InChI is InChI=1S/C10H14FNO3/c1-14-9-7(4-12)6(5-13)3-8(11)10(9)15-2/h3,13H,4-5,12H2,1-2H3. The molecule has 4 nitrogen and oxygen atoms in total. The van der Waals surface area contributed by atoms with Crippen molar-refractivity contribution in [3.05, 3.63) is 23.0 Å². The lowest BCUT2D eigenvalue weighted by Gasteiger charge is -2.15. The molecule has 0 aliphatic heterocycles. The molecule has 1 aromatic rings. The van der Waals surface area contributed by atoms with Crippen molar-refractivity contribution in [2.75, 3.05) is 14.2 Å². The maximum absolute atomic E-state index is 13.4. The van der Waals surface area contributed by atoms with Gasteiger partial charge in [0.05, 0.1) is 20.8 Å². The van der Waals surface area contributed by atoms with E-state index in [1.807, 2.05) is 0 Å². The van der Waals surface area contributed by atoms with Gasteiger partial charge < -0.3 is 20.3 Å². The molecule has 0 amide bonds. The maximum Gasteiger partial charge on any atom is 0.197 e. The number of methoxy groups -OCH3 is 2. The number of benzene rings is 1. The molecule has 5 heteroatoms. The number of aliphatic hydroxyl groups is 1. The number of halogens is 1. The predicted molar refractivity (Wildman–Crippen MR) is 53.3 cm³/mol. The Bertz CT molecular complexity index is 355. The van der Waals surface area contributed by atoms with Crippen LogP contribution in [0.5, 0.6) is 11.5 Å². The van der Waals surface area contributed by atoms with E-state index in [2.05, 4.69) is 0 Å². The molecule has 0 saturated carbocycles. The molecule has 15 heavy (non-hydrogen) atoms. The van der Waals surface area contributed by atoms with Crippen molar-refractivity contribution in [2.24, 2.45) is 5.73 Å². The summed E-state index contributed by atoms with van der Waals surface area (Å²) in [6.45, 7) is -0.139. The number of hydrogen-bond acceptors (Lipinski definition) is 4. The Balaban J connectivity index is 3.44. The van der Waals surface area contributed by atoms with Gasteiger partial charge >= 0.3 is 0 Å². The van der Waals surface area contributed by atoms with Crippen LogP contribution in [0.2, 0.25) is 0 Å².